The van der Waals surface area contributed by atoms with Gasteiger partial charge in [0.15, 0.2) is 0 Å². The Balaban J connectivity index is 2.01. The number of methoxy groups -OCH3 is 1. The maximum Gasteiger partial charge on any atom is 0.247 e. The van der Waals surface area contributed by atoms with Crippen LogP contribution < -0.4 is 15.4 Å². The van der Waals surface area contributed by atoms with Crippen LogP contribution in [0.3, 0.4) is 0 Å². The largest absolute Gasteiger partial charge is 0.497 e. The Hall–Kier alpha value is -1.75. The second-order valence-corrected chi connectivity index (χ2v) is 5.89. The quantitative estimate of drug-likeness (QED) is 0.873. The highest BCUT2D eigenvalue weighted by Gasteiger charge is 2.47. The van der Waals surface area contributed by atoms with Crippen LogP contribution in [-0.2, 0) is 4.79 Å². The Bertz CT molecular complexity index is 736. The van der Waals surface area contributed by atoms with Crippen molar-refractivity contribution in [2.45, 2.75) is 12.1 Å². The van der Waals surface area contributed by atoms with E-state index in [-0.39, 0.29) is 11.9 Å². The molecule has 4 nitrogen and oxygen atoms in total. The number of benzene rings is 2. The first kappa shape index (κ1) is 15.2. The number of hydrogen-bond acceptors (Lipinski definition) is 3. The van der Waals surface area contributed by atoms with Crippen molar-refractivity contribution in [3.8, 4) is 5.75 Å². The number of carbonyl (C=O) groups is 1. The van der Waals surface area contributed by atoms with Crippen molar-refractivity contribution in [1.29, 1.82) is 0 Å². The summed E-state index contributed by atoms with van der Waals surface area (Å²) in [5, 5.41) is 1.04. The molecular formula is C16H14Cl2N2O2. The molecule has 3 rings (SSSR count). The van der Waals surface area contributed by atoms with E-state index in [9.17, 15) is 4.79 Å². The average Bonchev–Trinajstić information content (AvgIpc) is 2.52. The van der Waals surface area contributed by atoms with Crippen molar-refractivity contribution < 1.29 is 9.53 Å². The number of rotatable bonds is 3. The van der Waals surface area contributed by atoms with Crippen molar-refractivity contribution in [1.82, 2.24) is 0 Å². The first-order valence-electron chi connectivity index (χ1n) is 6.70. The predicted molar refractivity (Wildman–Crippen MR) is 87.7 cm³/mol. The molecule has 0 radical (unpaired) electrons. The summed E-state index contributed by atoms with van der Waals surface area (Å²) < 4.78 is 5.20. The number of amides is 1. The molecule has 1 fully saturated rings. The van der Waals surface area contributed by atoms with E-state index in [0.717, 1.165) is 11.3 Å². The number of β-lactam (4-membered cyclic amide) rings is 1. The van der Waals surface area contributed by atoms with E-state index in [1.165, 1.54) is 0 Å². The number of anilines is 1. The third-order valence-corrected chi connectivity index (χ3v) is 4.32. The van der Waals surface area contributed by atoms with Gasteiger partial charge < -0.3 is 15.4 Å². The fourth-order valence-corrected chi connectivity index (χ4v) is 3.15. The lowest BCUT2D eigenvalue weighted by molar-refractivity contribution is -0.126. The third-order valence-electron chi connectivity index (χ3n) is 3.75. The summed E-state index contributed by atoms with van der Waals surface area (Å²) >= 11 is 12.2. The highest BCUT2D eigenvalue weighted by Crippen LogP contribution is 2.42. The highest BCUT2D eigenvalue weighted by atomic mass is 35.5. The second-order valence-electron chi connectivity index (χ2n) is 5.05. The fraction of sp³-hybridized carbons (Fsp3) is 0.188. The van der Waals surface area contributed by atoms with Gasteiger partial charge in [-0.1, -0.05) is 35.3 Å². The molecule has 114 valence electrons. The topological polar surface area (TPSA) is 55.6 Å². The molecule has 0 unspecified atom stereocenters. The van der Waals surface area contributed by atoms with Crippen LogP contribution in [0.25, 0.3) is 0 Å². The highest BCUT2D eigenvalue weighted by molar-refractivity contribution is 6.35. The molecule has 0 spiro atoms. The van der Waals surface area contributed by atoms with Gasteiger partial charge in [0.25, 0.3) is 0 Å². The zero-order valence-corrected chi connectivity index (χ0v) is 13.3. The zero-order valence-electron chi connectivity index (χ0n) is 11.8. The maximum atomic E-state index is 12.2. The van der Waals surface area contributed by atoms with E-state index in [1.54, 1.807) is 36.3 Å². The van der Waals surface area contributed by atoms with Gasteiger partial charge in [-0.25, -0.2) is 0 Å². The van der Waals surface area contributed by atoms with Crippen LogP contribution in [0.5, 0.6) is 5.75 Å². The molecule has 0 saturated carbocycles. The smallest absolute Gasteiger partial charge is 0.247 e. The molecule has 1 amide bonds. The number of ether oxygens (including phenoxy) is 1. The molecule has 2 aromatic rings. The maximum absolute atomic E-state index is 12.2. The van der Waals surface area contributed by atoms with E-state index < -0.39 is 6.04 Å². The fourth-order valence-electron chi connectivity index (χ4n) is 2.63. The molecule has 0 bridgehead atoms. The molecule has 22 heavy (non-hydrogen) atoms. The normalized spacial score (nSPS) is 20.7. The molecule has 1 aliphatic rings. The Morgan fingerprint density at radius 2 is 1.95 bits per heavy atom. The molecule has 1 saturated heterocycles. The molecule has 1 aliphatic heterocycles. The summed E-state index contributed by atoms with van der Waals surface area (Å²) in [7, 11) is 1.58. The van der Waals surface area contributed by atoms with Crippen molar-refractivity contribution in [2.75, 3.05) is 12.0 Å². The number of carbonyl (C=O) groups excluding carboxylic acids is 1. The van der Waals surface area contributed by atoms with Crippen LogP contribution in [0.4, 0.5) is 5.69 Å². The summed E-state index contributed by atoms with van der Waals surface area (Å²) in [5.74, 6) is 0.524. The number of hydrogen-bond donors (Lipinski definition) is 1. The van der Waals surface area contributed by atoms with E-state index in [1.807, 2.05) is 18.2 Å². The minimum Gasteiger partial charge on any atom is -0.497 e. The van der Waals surface area contributed by atoms with Crippen molar-refractivity contribution >= 4 is 34.8 Å². The number of nitrogens with zero attached hydrogens (tertiary/aromatic N) is 1. The van der Waals surface area contributed by atoms with Crippen LogP contribution >= 0.6 is 23.2 Å². The summed E-state index contributed by atoms with van der Waals surface area (Å²) in [4.78, 5) is 13.8. The van der Waals surface area contributed by atoms with Crippen LogP contribution in [0.1, 0.15) is 11.6 Å². The summed E-state index contributed by atoms with van der Waals surface area (Å²) in [6.07, 6.45) is 0. The summed E-state index contributed by atoms with van der Waals surface area (Å²) in [6.45, 7) is 0. The first-order valence-corrected chi connectivity index (χ1v) is 7.46. The van der Waals surface area contributed by atoms with Gasteiger partial charge in [0.05, 0.1) is 13.2 Å². The molecule has 6 heteroatoms. The van der Waals surface area contributed by atoms with Crippen molar-refractivity contribution in [3.05, 3.63) is 58.1 Å². The van der Waals surface area contributed by atoms with Gasteiger partial charge in [-0.2, -0.15) is 0 Å². The van der Waals surface area contributed by atoms with Crippen LogP contribution in [0.2, 0.25) is 10.0 Å². The third kappa shape index (κ3) is 2.43. The standard InChI is InChI=1S/C16H14Cl2N2O2/c1-22-11-4-2-3-10(8-11)20-15(14(19)16(20)21)12-6-5-9(17)7-13(12)18/h2-8,14-15H,19H2,1H3/t14-,15+/m1/s1. The van der Waals surface area contributed by atoms with Gasteiger partial charge in [-0.3, -0.25) is 4.79 Å². The van der Waals surface area contributed by atoms with Crippen molar-refractivity contribution in [3.63, 3.8) is 0 Å². The molecule has 0 aliphatic carbocycles. The van der Waals surface area contributed by atoms with Crippen LogP contribution in [0.15, 0.2) is 42.5 Å². The van der Waals surface area contributed by atoms with Crippen LogP contribution in [-0.4, -0.2) is 19.1 Å². The lowest BCUT2D eigenvalue weighted by Gasteiger charge is -2.46. The van der Waals surface area contributed by atoms with E-state index in [4.69, 9.17) is 33.7 Å². The Kier molecular flexibility index (Phi) is 4.00. The molecular weight excluding hydrogens is 323 g/mol. The van der Waals surface area contributed by atoms with Crippen LogP contribution in [0, 0.1) is 0 Å². The van der Waals surface area contributed by atoms with Crippen molar-refractivity contribution in [2.24, 2.45) is 5.73 Å². The Morgan fingerprint density at radius 1 is 1.18 bits per heavy atom. The minimum absolute atomic E-state index is 0.149. The molecule has 0 aromatic heterocycles. The predicted octanol–water partition coefficient (Wildman–Crippen LogP) is 3.42. The monoisotopic (exact) mass is 336 g/mol. The second kappa shape index (κ2) is 5.80. The average molecular weight is 337 g/mol. The molecule has 1 heterocycles. The van der Waals surface area contributed by atoms with Gasteiger partial charge in [0, 0.05) is 21.8 Å². The van der Waals surface area contributed by atoms with E-state index in [0.29, 0.717) is 15.8 Å². The molecule has 2 aromatic carbocycles. The van der Waals surface area contributed by atoms with Gasteiger partial charge in [0.2, 0.25) is 5.91 Å². The molecule has 2 N–H and O–H groups in total. The van der Waals surface area contributed by atoms with Gasteiger partial charge in [-0.05, 0) is 29.8 Å². The van der Waals surface area contributed by atoms with E-state index >= 15 is 0 Å². The number of halogens is 2. The lowest BCUT2D eigenvalue weighted by Crippen LogP contribution is -2.63. The minimum atomic E-state index is -0.620. The first-order chi connectivity index (χ1) is 10.5. The SMILES string of the molecule is COc1cccc(N2C(=O)[C@H](N)[C@@H]2c2ccc(Cl)cc2Cl)c1. The summed E-state index contributed by atoms with van der Waals surface area (Å²) in [6, 6.07) is 11.5. The lowest BCUT2D eigenvalue weighted by atomic mass is 9.88. The van der Waals surface area contributed by atoms with Gasteiger partial charge >= 0.3 is 0 Å². The Morgan fingerprint density at radius 3 is 2.64 bits per heavy atom. The summed E-state index contributed by atoms with van der Waals surface area (Å²) in [5.41, 5.74) is 7.49. The Labute approximate surface area is 138 Å². The van der Waals surface area contributed by atoms with Gasteiger partial charge in [0.1, 0.15) is 11.8 Å². The van der Waals surface area contributed by atoms with E-state index in [2.05, 4.69) is 0 Å². The zero-order chi connectivity index (χ0) is 15.9. The van der Waals surface area contributed by atoms with Gasteiger partial charge in [-0.15, -0.1) is 0 Å². The molecule has 2 atom stereocenters. The number of nitrogens with two attached hydrogens (primary N) is 1.